The van der Waals surface area contributed by atoms with Gasteiger partial charge in [0.25, 0.3) is 11.2 Å². The monoisotopic (exact) mass is 250 g/mol. The van der Waals surface area contributed by atoms with E-state index in [-0.39, 0.29) is 21.8 Å². The summed E-state index contributed by atoms with van der Waals surface area (Å²) in [5.41, 5.74) is -0.184. The summed E-state index contributed by atoms with van der Waals surface area (Å²) in [4.78, 5) is 3.55. The van der Waals surface area contributed by atoms with Gasteiger partial charge in [0.15, 0.2) is 0 Å². The Hall–Kier alpha value is -1.20. The Morgan fingerprint density at radius 3 is 2.47 bits per heavy atom. The van der Waals surface area contributed by atoms with E-state index in [1.54, 1.807) is 0 Å². The van der Waals surface area contributed by atoms with Crippen LogP contribution in [0.15, 0.2) is 16.7 Å². The first kappa shape index (κ1) is 10.3. The van der Waals surface area contributed by atoms with Gasteiger partial charge in [0.1, 0.15) is 11.6 Å². The predicted octanol–water partition coefficient (Wildman–Crippen LogP) is 3.32. The predicted molar refractivity (Wildman–Crippen MR) is 49.7 cm³/mol. The minimum absolute atomic E-state index is 0.181. The van der Waals surface area contributed by atoms with Crippen molar-refractivity contribution < 1.29 is 13.3 Å². The lowest BCUT2D eigenvalue weighted by Crippen LogP contribution is -1.88. The van der Waals surface area contributed by atoms with Crippen molar-refractivity contribution in [1.82, 2.24) is 10.1 Å². The third kappa shape index (κ3) is 1.93. The second-order valence-electron chi connectivity index (χ2n) is 2.61. The molecule has 0 saturated carbocycles. The summed E-state index contributed by atoms with van der Waals surface area (Å²) in [6.45, 7) is 0. The summed E-state index contributed by atoms with van der Waals surface area (Å²) in [6, 6.07) is 1.69. The Bertz CT molecular complexity index is 515. The fourth-order valence-electron chi connectivity index (χ4n) is 1.00. The summed E-state index contributed by atoms with van der Waals surface area (Å²) in [6.07, 6.45) is 0. The molecule has 1 heterocycles. The summed E-state index contributed by atoms with van der Waals surface area (Å²) in [5, 5.41) is 2.74. The van der Waals surface area contributed by atoms with E-state index < -0.39 is 11.6 Å². The van der Waals surface area contributed by atoms with Crippen molar-refractivity contribution in [2.24, 2.45) is 0 Å². The fourth-order valence-corrected chi connectivity index (χ4v) is 1.26. The molecule has 1 aromatic carbocycles. The van der Waals surface area contributed by atoms with Gasteiger partial charge in [0.05, 0.1) is 10.6 Å². The van der Waals surface area contributed by atoms with Crippen molar-refractivity contribution >= 4 is 23.2 Å². The van der Waals surface area contributed by atoms with Crippen molar-refractivity contribution in [3.8, 4) is 11.5 Å². The third-order valence-corrected chi connectivity index (χ3v) is 2.08. The molecule has 2 aromatic rings. The summed E-state index contributed by atoms with van der Waals surface area (Å²) in [5.74, 6) is -1.74. The Labute approximate surface area is 92.6 Å². The minimum atomic E-state index is -0.776. The molecule has 0 fully saturated rings. The van der Waals surface area contributed by atoms with E-state index in [1.807, 2.05) is 0 Å². The van der Waals surface area contributed by atoms with Gasteiger partial charge < -0.3 is 4.52 Å². The molecule has 78 valence electrons. The Kier molecular flexibility index (Phi) is 2.58. The molecule has 7 heteroatoms. The first-order chi connectivity index (χ1) is 7.08. The van der Waals surface area contributed by atoms with Crippen molar-refractivity contribution in [3.05, 3.63) is 34.1 Å². The molecule has 0 atom stereocenters. The van der Waals surface area contributed by atoms with E-state index in [1.165, 1.54) is 0 Å². The van der Waals surface area contributed by atoms with Crippen molar-refractivity contribution in [3.63, 3.8) is 0 Å². The molecular formula is C8H2Cl2F2N2O. The molecule has 0 aliphatic rings. The second-order valence-corrected chi connectivity index (χ2v) is 3.36. The largest absolute Gasteiger partial charge is 0.333 e. The van der Waals surface area contributed by atoms with Crippen LogP contribution in [-0.2, 0) is 0 Å². The Morgan fingerprint density at radius 1 is 1.13 bits per heavy atom. The number of aromatic nitrogens is 2. The molecule has 0 N–H and O–H groups in total. The van der Waals surface area contributed by atoms with Crippen LogP contribution in [0.25, 0.3) is 11.5 Å². The Balaban J connectivity index is 2.58. The van der Waals surface area contributed by atoms with Crippen molar-refractivity contribution in [1.29, 1.82) is 0 Å². The van der Waals surface area contributed by atoms with Crippen LogP contribution >= 0.6 is 23.2 Å². The van der Waals surface area contributed by atoms with Crippen LogP contribution in [0.5, 0.6) is 0 Å². The summed E-state index contributed by atoms with van der Waals surface area (Å²) in [7, 11) is 0. The lowest BCUT2D eigenvalue weighted by Gasteiger charge is -1.99. The van der Waals surface area contributed by atoms with Gasteiger partial charge in [-0.1, -0.05) is 11.6 Å². The van der Waals surface area contributed by atoms with Crippen LogP contribution in [0.3, 0.4) is 0 Å². The molecule has 0 aliphatic heterocycles. The van der Waals surface area contributed by atoms with Crippen LogP contribution in [0.4, 0.5) is 8.78 Å². The smallest absolute Gasteiger partial charge is 0.264 e. The highest BCUT2D eigenvalue weighted by atomic mass is 35.5. The number of hydrogen-bond donors (Lipinski definition) is 0. The quantitative estimate of drug-likeness (QED) is 0.729. The van der Waals surface area contributed by atoms with Crippen LogP contribution in [0.1, 0.15) is 0 Å². The number of rotatable bonds is 1. The van der Waals surface area contributed by atoms with Crippen LogP contribution in [0, 0.1) is 11.6 Å². The lowest BCUT2D eigenvalue weighted by atomic mass is 10.2. The zero-order valence-corrected chi connectivity index (χ0v) is 8.48. The van der Waals surface area contributed by atoms with Crippen LogP contribution in [0.2, 0.25) is 10.3 Å². The van der Waals surface area contributed by atoms with E-state index in [4.69, 9.17) is 23.2 Å². The maximum Gasteiger partial charge on any atom is 0.264 e. The fraction of sp³-hybridized carbons (Fsp3) is 0. The van der Waals surface area contributed by atoms with Crippen LogP contribution < -0.4 is 0 Å². The number of halogens is 4. The van der Waals surface area contributed by atoms with Gasteiger partial charge in [-0.3, -0.25) is 0 Å². The van der Waals surface area contributed by atoms with Crippen molar-refractivity contribution in [2.75, 3.05) is 0 Å². The average Bonchev–Trinajstić information content (AvgIpc) is 2.58. The lowest BCUT2D eigenvalue weighted by molar-refractivity contribution is 0.427. The topological polar surface area (TPSA) is 38.9 Å². The van der Waals surface area contributed by atoms with Gasteiger partial charge in [0.2, 0.25) is 0 Å². The Morgan fingerprint density at radius 2 is 1.87 bits per heavy atom. The third-order valence-electron chi connectivity index (χ3n) is 1.64. The molecular weight excluding hydrogens is 249 g/mol. The molecule has 0 radical (unpaired) electrons. The van der Waals surface area contributed by atoms with E-state index in [0.29, 0.717) is 0 Å². The molecule has 0 bridgehead atoms. The van der Waals surface area contributed by atoms with Gasteiger partial charge in [-0.25, -0.2) is 8.78 Å². The van der Waals surface area contributed by atoms with E-state index in [0.717, 1.165) is 12.1 Å². The molecule has 3 nitrogen and oxygen atoms in total. The summed E-state index contributed by atoms with van der Waals surface area (Å²) >= 11 is 10.7. The number of benzene rings is 1. The summed E-state index contributed by atoms with van der Waals surface area (Å²) < 4.78 is 30.9. The van der Waals surface area contributed by atoms with Gasteiger partial charge >= 0.3 is 0 Å². The van der Waals surface area contributed by atoms with Crippen LogP contribution in [-0.4, -0.2) is 10.1 Å². The zero-order chi connectivity index (χ0) is 11.0. The number of nitrogens with zero attached hydrogens (tertiary/aromatic N) is 2. The van der Waals surface area contributed by atoms with Gasteiger partial charge in [-0.15, -0.1) is 0 Å². The highest BCUT2D eigenvalue weighted by Gasteiger charge is 2.15. The van der Waals surface area contributed by atoms with Crippen molar-refractivity contribution in [2.45, 2.75) is 0 Å². The van der Waals surface area contributed by atoms with E-state index in [9.17, 15) is 8.78 Å². The van der Waals surface area contributed by atoms with Gasteiger partial charge in [-0.05, 0) is 28.9 Å². The van der Waals surface area contributed by atoms with E-state index in [2.05, 4.69) is 14.7 Å². The molecule has 0 spiro atoms. The van der Waals surface area contributed by atoms with E-state index >= 15 is 0 Å². The minimum Gasteiger partial charge on any atom is -0.333 e. The molecule has 15 heavy (non-hydrogen) atoms. The molecule has 0 unspecified atom stereocenters. The molecule has 0 aliphatic carbocycles. The molecule has 1 aromatic heterocycles. The molecule has 0 amide bonds. The normalized spacial score (nSPS) is 10.7. The second kappa shape index (κ2) is 3.75. The highest BCUT2D eigenvalue weighted by molar-refractivity contribution is 6.30. The van der Waals surface area contributed by atoms with Gasteiger partial charge in [0, 0.05) is 0 Å². The molecule has 0 saturated heterocycles. The maximum absolute atomic E-state index is 13.3. The SMILES string of the molecule is Fc1cc(-c2nc(Cl)no2)c(F)cc1Cl. The number of hydrogen-bond acceptors (Lipinski definition) is 3. The van der Waals surface area contributed by atoms with Gasteiger partial charge in [-0.2, -0.15) is 4.98 Å². The maximum atomic E-state index is 13.3. The average molecular weight is 251 g/mol. The first-order valence-electron chi connectivity index (χ1n) is 3.72. The highest BCUT2D eigenvalue weighted by Crippen LogP contribution is 2.26. The standard InChI is InChI=1S/C8H2Cl2F2N2O/c9-4-2-5(11)3(1-6(4)12)7-13-8(10)14-15-7/h1-2H. The first-order valence-corrected chi connectivity index (χ1v) is 4.47. The molecule has 2 rings (SSSR count). The zero-order valence-electron chi connectivity index (χ0n) is 6.97.